The maximum Gasteiger partial charge on any atom is 0.290 e. The Labute approximate surface area is 30.7 Å². The van der Waals surface area contributed by atoms with Crippen molar-refractivity contribution in [2.75, 3.05) is 0 Å². The summed E-state index contributed by atoms with van der Waals surface area (Å²) in [4.78, 5) is 8.36. The fraction of sp³-hybridized carbons (Fsp3) is 0. The van der Waals surface area contributed by atoms with Gasteiger partial charge < -0.3 is 5.11 Å². The lowest BCUT2D eigenvalue weighted by Crippen LogP contribution is -1.49. The molecule has 0 saturated carbocycles. The second kappa shape index (κ2) is 356. The lowest BCUT2D eigenvalue weighted by molar-refractivity contribution is -0.122. The van der Waals surface area contributed by atoms with Gasteiger partial charge in [0.25, 0.3) is 6.47 Å². The van der Waals surface area contributed by atoms with E-state index in [-0.39, 0.29) is 6.47 Å². The molecular formula is C3H6O2. The first-order chi connectivity index (χ1) is 2.41. The molecule has 0 aromatic heterocycles. The molecule has 2 nitrogen and oxygen atoms in total. The molecule has 0 atom stereocenters. The zero-order chi connectivity index (χ0) is 4.71. The van der Waals surface area contributed by atoms with Crippen LogP contribution in [0.5, 0.6) is 0 Å². The quantitative estimate of drug-likeness (QED) is 0.335. The maximum absolute atomic E-state index is 8.36. The molecule has 0 aliphatic carbocycles. The first-order valence-corrected chi connectivity index (χ1v) is 0.994. The second-order valence-electron chi connectivity index (χ2n) is 0.105. The highest BCUT2D eigenvalue weighted by Crippen LogP contribution is 0.966. The van der Waals surface area contributed by atoms with Gasteiger partial charge in [-0.3, -0.25) is 4.79 Å². The van der Waals surface area contributed by atoms with Gasteiger partial charge in [-0.2, -0.15) is 0 Å². The van der Waals surface area contributed by atoms with Gasteiger partial charge >= 0.3 is 0 Å². The molecule has 2 heteroatoms. The summed E-state index contributed by atoms with van der Waals surface area (Å²) in [7, 11) is 0. The first kappa shape index (κ1) is 8.88. The summed E-state index contributed by atoms with van der Waals surface area (Å²) in [5.74, 6) is 0. The average molecular weight is 74.1 g/mol. The summed E-state index contributed by atoms with van der Waals surface area (Å²) >= 11 is 0. The van der Waals surface area contributed by atoms with E-state index in [1.54, 1.807) is 0 Å². The zero-order valence-corrected chi connectivity index (χ0v) is 2.85. The minimum Gasteiger partial charge on any atom is -0.483 e. The largest absolute Gasteiger partial charge is 0.483 e. The molecule has 0 aliphatic heterocycles. The third kappa shape index (κ3) is 7.53. The number of hydrogen-bond donors (Lipinski definition) is 1. The van der Waals surface area contributed by atoms with Gasteiger partial charge in [0.05, 0.1) is 0 Å². The Morgan fingerprint density at radius 1 is 1.60 bits per heavy atom. The molecular weight excluding hydrogens is 68.0 g/mol. The van der Waals surface area contributed by atoms with Gasteiger partial charge in [-0.25, -0.2) is 0 Å². The molecule has 0 fully saturated rings. The maximum atomic E-state index is 8.36. The van der Waals surface area contributed by atoms with Crippen molar-refractivity contribution in [3.8, 4) is 0 Å². The summed E-state index contributed by atoms with van der Waals surface area (Å²) < 4.78 is 0. The lowest BCUT2D eigenvalue weighted by Gasteiger charge is -1.34. The highest BCUT2D eigenvalue weighted by molar-refractivity contribution is 5.32. The molecule has 0 aromatic rings. The zero-order valence-electron chi connectivity index (χ0n) is 2.85. The Kier molecular flexibility index (Phi) is 632. The fourth-order valence-electron chi connectivity index (χ4n) is 0. The second-order valence-corrected chi connectivity index (χ2v) is 0.105. The third-order valence-corrected chi connectivity index (χ3v) is 0. The van der Waals surface area contributed by atoms with Crippen molar-refractivity contribution in [1.29, 1.82) is 0 Å². The molecule has 0 heterocycles. The van der Waals surface area contributed by atoms with Crippen LogP contribution in [0.15, 0.2) is 13.2 Å². The summed E-state index contributed by atoms with van der Waals surface area (Å²) in [6.45, 7) is 5.75. The minimum absolute atomic E-state index is 0.250. The summed E-state index contributed by atoms with van der Waals surface area (Å²) in [6.07, 6.45) is 0. The summed E-state index contributed by atoms with van der Waals surface area (Å²) in [6, 6.07) is 0. The topological polar surface area (TPSA) is 37.3 Å². The molecule has 5 heavy (non-hydrogen) atoms. The normalized spacial score (nSPS) is 3.20. The summed E-state index contributed by atoms with van der Waals surface area (Å²) in [5, 5.41) is 6.89. The van der Waals surface area contributed by atoms with Gasteiger partial charge in [-0.05, 0) is 0 Å². The SMILES string of the molecule is C=C.O=CO. The molecule has 0 aliphatic rings. The molecule has 0 aromatic carbocycles. The van der Waals surface area contributed by atoms with Crippen molar-refractivity contribution in [2.45, 2.75) is 0 Å². The molecule has 0 bridgehead atoms. The van der Waals surface area contributed by atoms with Crippen LogP contribution in [-0.2, 0) is 4.79 Å². The van der Waals surface area contributed by atoms with E-state index in [1.807, 2.05) is 0 Å². The van der Waals surface area contributed by atoms with Gasteiger partial charge in [-0.15, -0.1) is 13.2 Å². The van der Waals surface area contributed by atoms with Crippen molar-refractivity contribution in [3.05, 3.63) is 13.2 Å². The third-order valence-electron chi connectivity index (χ3n) is 0. The molecule has 0 spiro atoms. The fourth-order valence-corrected chi connectivity index (χ4v) is 0. The van der Waals surface area contributed by atoms with Crippen molar-refractivity contribution < 1.29 is 9.90 Å². The Morgan fingerprint density at radius 3 is 1.60 bits per heavy atom. The van der Waals surface area contributed by atoms with E-state index >= 15 is 0 Å². The smallest absolute Gasteiger partial charge is 0.290 e. The van der Waals surface area contributed by atoms with Gasteiger partial charge in [0.1, 0.15) is 0 Å². The Hall–Kier alpha value is -0.790. The van der Waals surface area contributed by atoms with Crippen molar-refractivity contribution in [3.63, 3.8) is 0 Å². The Morgan fingerprint density at radius 2 is 1.60 bits per heavy atom. The van der Waals surface area contributed by atoms with Crippen molar-refractivity contribution >= 4 is 6.47 Å². The molecule has 0 saturated heterocycles. The molecule has 0 radical (unpaired) electrons. The molecule has 0 amide bonds. The van der Waals surface area contributed by atoms with Gasteiger partial charge in [0.2, 0.25) is 0 Å². The van der Waals surface area contributed by atoms with Crippen LogP contribution in [0, 0.1) is 0 Å². The van der Waals surface area contributed by atoms with Gasteiger partial charge in [-0.1, -0.05) is 0 Å². The summed E-state index contributed by atoms with van der Waals surface area (Å²) in [5.41, 5.74) is 0. The average Bonchev–Trinajstić information content (AvgIpc) is 1.46. The van der Waals surface area contributed by atoms with Gasteiger partial charge in [0, 0.05) is 0 Å². The standard InChI is InChI=1S/C2H4.CH2O2/c1-2;2-1-3/h1-2H2;1H,(H,2,3). The highest BCUT2D eigenvalue weighted by atomic mass is 16.3. The predicted molar refractivity (Wildman–Crippen MR) is 19.9 cm³/mol. The van der Waals surface area contributed by atoms with E-state index < -0.39 is 0 Å². The van der Waals surface area contributed by atoms with Crippen LogP contribution in [-0.4, -0.2) is 11.6 Å². The van der Waals surface area contributed by atoms with E-state index in [0.717, 1.165) is 0 Å². The van der Waals surface area contributed by atoms with Crippen LogP contribution in [0.4, 0.5) is 0 Å². The first-order valence-electron chi connectivity index (χ1n) is 0.994. The van der Waals surface area contributed by atoms with Crippen LogP contribution in [0.3, 0.4) is 0 Å². The molecule has 0 rings (SSSR count). The molecule has 0 unspecified atom stereocenters. The monoisotopic (exact) mass is 74.0 g/mol. The van der Waals surface area contributed by atoms with Crippen molar-refractivity contribution in [2.24, 2.45) is 0 Å². The Bertz CT molecular complexity index is 18.9. The van der Waals surface area contributed by atoms with Crippen molar-refractivity contribution in [1.82, 2.24) is 0 Å². The minimum atomic E-state index is -0.250. The highest BCUT2D eigenvalue weighted by Gasteiger charge is 1.22. The van der Waals surface area contributed by atoms with E-state index in [9.17, 15) is 0 Å². The van der Waals surface area contributed by atoms with Crippen LogP contribution in [0.2, 0.25) is 0 Å². The number of hydrogen-bond acceptors (Lipinski definition) is 1. The van der Waals surface area contributed by atoms with Crippen LogP contribution in [0.25, 0.3) is 0 Å². The van der Waals surface area contributed by atoms with Crippen LogP contribution >= 0.6 is 0 Å². The Balaban J connectivity index is 0. The van der Waals surface area contributed by atoms with E-state index in [4.69, 9.17) is 9.90 Å². The lowest BCUT2D eigenvalue weighted by atomic mass is 11.3. The van der Waals surface area contributed by atoms with E-state index in [1.165, 1.54) is 0 Å². The number of carbonyl (C=O) groups is 1. The van der Waals surface area contributed by atoms with E-state index in [2.05, 4.69) is 13.2 Å². The molecule has 1 N–H and O–H groups in total. The van der Waals surface area contributed by atoms with E-state index in [0.29, 0.717) is 0 Å². The van der Waals surface area contributed by atoms with Crippen LogP contribution in [0.1, 0.15) is 0 Å². The molecule has 30 valence electrons. The van der Waals surface area contributed by atoms with Gasteiger partial charge in [0.15, 0.2) is 0 Å². The number of carboxylic acid groups (broad SMARTS) is 1. The predicted octanol–water partition coefficient (Wildman–Crippen LogP) is 0.503. The van der Waals surface area contributed by atoms with Crippen LogP contribution < -0.4 is 0 Å². The number of rotatable bonds is 0.